The second-order valence-corrected chi connectivity index (χ2v) is 7.60. The van der Waals surface area contributed by atoms with Crippen LogP contribution in [0.2, 0.25) is 0 Å². The molecule has 0 aliphatic carbocycles. The van der Waals surface area contributed by atoms with E-state index in [-0.39, 0.29) is 28.6 Å². The molecule has 0 bridgehead atoms. The van der Waals surface area contributed by atoms with E-state index < -0.39 is 0 Å². The fraction of sp³-hybridized carbons (Fsp3) is 0.300. The van der Waals surface area contributed by atoms with Gasteiger partial charge in [-0.1, -0.05) is 17.7 Å². The van der Waals surface area contributed by atoms with E-state index in [4.69, 9.17) is 0 Å². The molecule has 0 saturated carbocycles. The number of rotatable bonds is 6. The molecular formula is C20H23FN2O2S. The quantitative estimate of drug-likeness (QED) is 0.785. The van der Waals surface area contributed by atoms with Gasteiger partial charge in [0.25, 0.3) is 0 Å². The van der Waals surface area contributed by atoms with Crippen molar-refractivity contribution in [2.24, 2.45) is 0 Å². The minimum atomic E-state index is -0.380. The zero-order chi connectivity index (χ0) is 19.3. The SMILES string of the molecule is Cc1cc(C)c(NC(=O)[C@@H](C)SCC(=O)Nc2ccc(F)cc2)c(C)c1. The number of benzene rings is 2. The Kier molecular flexibility index (Phi) is 6.80. The molecule has 26 heavy (non-hydrogen) atoms. The van der Waals surface area contributed by atoms with Crippen molar-refractivity contribution in [2.45, 2.75) is 32.9 Å². The number of amides is 2. The van der Waals surface area contributed by atoms with Gasteiger partial charge in [-0.2, -0.15) is 0 Å². The highest BCUT2D eigenvalue weighted by Crippen LogP contribution is 2.23. The highest BCUT2D eigenvalue weighted by Gasteiger charge is 2.17. The number of halogens is 1. The second-order valence-electron chi connectivity index (χ2n) is 6.27. The number of carbonyl (C=O) groups excluding carboxylic acids is 2. The van der Waals surface area contributed by atoms with Crippen LogP contribution in [0.5, 0.6) is 0 Å². The summed E-state index contributed by atoms with van der Waals surface area (Å²) in [5.74, 6) is -0.592. The number of hydrogen-bond acceptors (Lipinski definition) is 3. The Labute approximate surface area is 157 Å². The lowest BCUT2D eigenvalue weighted by atomic mass is 10.1. The molecule has 2 aromatic rings. The van der Waals surface area contributed by atoms with Gasteiger partial charge in [0.05, 0.1) is 11.0 Å². The zero-order valence-corrected chi connectivity index (χ0v) is 16.2. The molecule has 2 amide bonds. The summed E-state index contributed by atoms with van der Waals surface area (Å²) in [6, 6.07) is 9.61. The van der Waals surface area contributed by atoms with Gasteiger partial charge in [-0.25, -0.2) is 4.39 Å². The fourth-order valence-electron chi connectivity index (χ4n) is 2.61. The number of thioether (sulfide) groups is 1. The van der Waals surface area contributed by atoms with Crippen molar-refractivity contribution in [2.75, 3.05) is 16.4 Å². The van der Waals surface area contributed by atoms with E-state index in [1.165, 1.54) is 36.0 Å². The van der Waals surface area contributed by atoms with E-state index in [0.29, 0.717) is 5.69 Å². The van der Waals surface area contributed by atoms with Gasteiger partial charge < -0.3 is 10.6 Å². The number of hydrogen-bond donors (Lipinski definition) is 2. The molecule has 0 heterocycles. The van der Waals surface area contributed by atoms with Gasteiger partial charge in [-0.3, -0.25) is 9.59 Å². The average Bonchev–Trinajstić information content (AvgIpc) is 2.57. The summed E-state index contributed by atoms with van der Waals surface area (Å²) in [6.45, 7) is 7.71. The third kappa shape index (κ3) is 5.59. The summed E-state index contributed by atoms with van der Waals surface area (Å²) in [7, 11) is 0. The molecule has 0 aliphatic rings. The second kappa shape index (κ2) is 8.85. The maximum Gasteiger partial charge on any atom is 0.237 e. The molecule has 2 rings (SSSR count). The summed E-state index contributed by atoms with van der Waals surface area (Å²) in [5, 5.41) is 5.25. The van der Waals surface area contributed by atoms with Crippen molar-refractivity contribution in [3.63, 3.8) is 0 Å². The Balaban J connectivity index is 1.87. The molecule has 2 aromatic carbocycles. The first kappa shape index (κ1) is 20.0. The average molecular weight is 374 g/mol. The van der Waals surface area contributed by atoms with E-state index in [1.54, 1.807) is 6.92 Å². The molecule has 0 aliphatic heterocycles. The van der Waals surface area contributed by atoms with Crippen LogP contribution in [0.1, 0.15) is 23.6 Å². The molecule has 0 fully saturated rings. The standard InChI is InChI=1S/C20H23FN2O2S/c1-12-9-13(2)19(14(3)10-12)23-20(25)15(4)26-11-18(24)22-17-7-5-16(21)6-8-17/h5-10,15H,11H2,1-4H3,(H,22,24)(H,23,25)/t15-/m1/s1. The monoisotopic (exact) mass is 374 g/mol. The van der Waals surface area contributed by atoms with E-state index >= 15 is 0 Å². The van der Waals surface area contributed by atoms with Crippen LogP contribution in [0.3, 0.4) is 0 Å². The lowest BCUT2D eigenvalue weighted by Gasteiger charge is -2.16. The van der Waals surface area contributed by atoms with E-state index in [1.807, 2.05) is 32.9 Å². The Morgan fingerprint density at radius 2 is 1.62 bits per heavy atom. The molecular weight excluding hydrogens is 351 g/mol. The molecule has 0 saturated heterocycles. The lowest BCUT2D eigenvalue weighted by molar-refractivity contribution is -0.115. The van der Waals surface area contributed by atoms with Crippen molar-refractivity contribution in [1.82, 2.24) is 0 Å². The van der Waals surface area contributed by atoms with Crippen LogP contribution in [0.4, 0.5) is 15.8 Å². The minimum absolute atomic E-state index is 0.137. The van der Waals surface area contributed by atoms with E-state index in [0.717, 1.165) is 22.4 Å². The Morgan fingerprint density at radius 1 is 1.04 bits per heavy atom. The van der Waals surface area contributed by atoms with Crippen LogP contribution >= 0.6 is 11.8 Å². The number of anilines is 2. The zero-order valence-electron chi connectivity index (χ0n) is 15.4. The first-order valence-corrected chi connectivity index (χ1v) is 9.37. The van der Waals surface area contributed by atoms with Gasteiger partial charge in [0.1, 0.15) is 5.82 Å². The molecule has 4 nitrogen and oxygen atoms in total. The van der Waals surface area contributed by atoms with Crippen LogP contribution < -0.4 is 10.6 Å². The van der Waals surface area contributed by atoms with Gasteiger partial charge in [0, 0.05) is 11.4 Å². The molecule has 0 radical (unpaired) electrons. The third-order valence-electron chi connectivity index (χ3n) is 3.89. The molecule has 2 N–H and O–H groups in total. The van der Waals surface area contributed by atoms with Crippen LogP contribution in [-0.2, 0) is 9.59 Å². The topological polar surface area (TPSA) is 58.2 Å². The van der Waals surface area contributed by atoms with E-state index in [9.17, 15) is 14.0 Å². The molecule has 6 heteroatoms. The molecule has 0 unspecified atom stereocenters. The van der Waals surface area contributed by atoms with Crippen LogP contribution in [0.25, 0.3) is 0 Å². The molecule has 0 spiro atoms. The summed E-state index contributed by atoms with van der Waals surface area (Å²) in [4.78, 5) is 24.4. The molecule has 0 aromatic heterocycles. The maximum atomic E-state index is 12.9. The minimum Gasteiger partial charge on any atom is -0.325 e. The lowest BCUT2D eigenvalue weighted by Crippen LogP contribution is -2.25. The maximum absolute atomic E-state index is 12.9. The van der Waals surface area contributed by atoms with Crippen LogP contribution in [0.15, 0.2) is 36.4 Å². The predicted octanol–water partition coefficient (Wildman–Crippen LogP) is 4.45. The summed E-state index contributed by atoms with van der Waals surface area (Å²) in [5.41, 5.74) is 4.53. The largest absolute Gasteiger partial charge is 0.325 e. The number of nitrogens with one attached hydrogen (secondary N) is 2. The van der Waals surface area contributed by atoms with Crippen molar-refractivity contribution in [3.05, 3.63) is 58.9 Å². The Morgan fingerprint density at radius 3 is 2.19 bits per heavy atom. The van der Waals surface area contributed by atoms with Crippen molar-refractivity contribution in [1.29, 1.82) is 0 Å². The summed E-state index contributed by atoms with van der Waals surface area (Å²) < 4.78 is 12.9. The van der Waals surface area contributed by atoms with Gasteiger partial charge >= 0.3 is 0 Å². The highest BCUT2D eigenvalue weighted by molar-refractivity contribution is 8.01. The first-order chi connectivity index (χ1) is 12.3. The Bertz CT molecular complexity index is 783. The fourth-order valence-corrected chi connectivity index (χ4v) is 3.29. The normalized spacial score (nSPS) is 11.7. The van der Waals surface area contributed by atoms with Crippen molar-refractivity contribution >= 4 is 35.0 Å². The highest BCUT2D eigenvalue weighted by atomic mass is 32.2. The smallest absolute Gasteiger partial charge is 0.237 e. The number of aryl methyl sites for hydroxylation is 3. The summed E-state index contributed by atoms with van der Waals surface area (Å²) >= 11 is 1.25. The van der Waals surface area contributed by atoms with Crippen molar-refractivity contribution < 1.29 is 14.0 Å². The van der Waals surface area contributed by atoms with Gasteiger partial charge in [0.2, 0.25) is 11.8 Å². The Hall–Kier alpha value is -2.34. The molecule has 1 atom stereocenters. The van der Waals surface area contributed by atoms with E-state index in [2.05, 4.69) is 10.6 Å². The van der Waals surface area contributed by atoms with Crippen molar-refractivity contribution in [3.8, 4) is 0 Å². The van der Waals surface area contributed by atoms with Gasteiger partial charge in [-0.15, -0.1) is 11.8 Å². The molecule has 138 valence electrons. The van der Waals surface area contributed by atoms with Gasteiger partial charge in [-0.05, 0) is 63.1 Å². The van der Waals surface area contributed by atoms with Crippen LogP contribution in [-0.4, -0.2) is 22.8 Å². The third-order valence-corrected chi connectivity index (χ3v) is 5.03. The first-order valence-electron chi connectivity index (χ1n) is 8.32. The van der Waals surface area contributed by atoms with Gasteiger partial charge in [0.15, 0.2) is 0 Å². The number of carbonyl (C=O) groups is 2. The summed E-state index contributed by atoms with van der Waals surface area (Å²) in [6.07, 6.45) is 0. The van der Waals surface area contributed by atoms with Crippen LogP contribution in [0, 0.1) is 26.6 Å². The predicted molar refractivity (Wildman–Crippen MR) is 106 cm³/mol.